The van der Waals surface area contributed by atoms with Crippen molar-refractivity contribution in [1.82, 2.24) is 19.5 Å². The number of nitrogens with zero attached hydrogens (tertiary/aromatic N) is 5. The van der Waals surface area contributed by atoms with Gasteiger partial charge in [0.2, 0.25) is 5.95 Å². The first-order valence-electron chi connectivity index (χ1n) is 8.15. The van der Waals surface area contributed by atoms with E-state index in [-0.39, 0.29) is 34.2 Å². The van der Waals surface area contributed by atoms with E-state index in [0.29, 0.717) is 16.9 Å². The number of hydrogen-bond donors (Lipinski definition) is 1. The van der Waals surface area contributed by atoms with E-state index in [1.54, 1.807) is 12.3 Å². The zero-order valence-corrected chi connectivity index (χ0v) is 15.2. The largest absolute Gasteiger partial charge is 0.425 e. The van der Waals surface area contributed by atoms with Crippen LogP contribution in [0.5, 0.6) is 0 Å². The van der Waals surface area contributed by atoms with Gasteiger partial charge in [0.25, 0.3) is 5.69 Å². The van der Waals surface area contributed by atoms with Gasteiger partial charge in [-0.15, -0.1) is 11.3 Å². The molecule has 0 saturated heterocycles. The first-order valence-corrected chi connectivity index (χ1v) is 8.97. The molecule has 0 unspecified atom stereocenters. The van der Waals surface area contributed by atoms with Gasteiger partial charge in [0.15, 0.2) is 0 Å². The number of nitro groups is 1. The van der Waals surface area contributed by atoms with Gasteiger partial charge in [-0.3, -0.25) is 14.7 Å². The van der Waals surface area contributed by atoms with Crippen LogP contribution in [0.1, 0.15) is 10.4 Å². The zero-order valence-electron chi connectivity index (χ0n) is 14.4. The minimum absolute atomic E-state index is 0.0777. The number of fused-ring (bicyclic) bond motifs is 1. The fourth-order valence-corrected chi connectivity index (χ4v) is 3.54. The lowest BCUT2D eigenvalue weighted by Crippen LogP contribution is -2.06. The van der Waals surface area contributed by atoms with Crippen molar-refractivity contribution in [2.45, 2.75) is 12.7 Å². The molecule has 8 nitrogen and oxygen atoms in total. The summed E-state index contributed by atoms with van der Waals surface area (Å²) in [5, 5.41) is 14.1. The van der Waals surface area contributed by atoms with Crippen molar-refractivity contribution in [2.24, 2.45) is 0 Å². The van der Waals surface area contributed by atoms with Gasteiger partial charge >= 0.3 is 6.18 Å². The van der Waals surface area contributed by atoms with Crippen molar-refractivity contribution in [3.63, 3.8) is 0 Å². The number of rotatable bonds is 5. The van der Waals surface area contributed by atoms with Crippen molar-refractivity contribution in [3.05, 3.63) is 69.6 Å². The Bertz CT molecular complexity index is 1190. The van der Waals surface area contributed by atoms with Gasteiger partial charge in [0.1, 0.15) is 21.9 Å². The number of hydrogen-bond acceptors (Lipinski definition) is 7. The molecule has 0 aliphatic carbocycles. The van der Waals surface area contributed by atoms with Crippen molar-refractivity contribution in [1.29, 1.82) is 0 Å². The highest BCUT2D eigenvalue weighted by Gasteiger charge is 2.33. The predicted molar refractivity (Wildman–Crippen MR) is 100.0 cm³/mol. The molecule has 0 aliphatic rings. The van der Waals surface area contributed by atoms with E-state index in [9.17, 15) is 23.3 Å². The lowest BCUT2D eigenvalue weighted by molar-refractivity contribution is -0.384. The molecule has 0 aliphatic heterocycles. The van der Waals surface area contributed by atoms with Crippen molar-refractivity contribution in [2.75, 3.05) is 5.32 Å². The Morgan fingerprint density at radius 2 is 2.07 bits per heavy atom. The molecule has 12 heteroatoms. The summed E-state index contributed by atoms with van der Waals surface area (Å²) in [5.41, 5.74) is 0.507. The molecule has 29 heavy (non-hydrogen) atoms. The van der Waals surface area contributed by atoms with E-state index in [4.69, 9.17) is 0 Å². The molecule has 0 saturated carbocycles. The first kappa shape index (κ1) is 18.8. The summed E-state index contributed by atoms with van der Waals surface area (Å²) >= 11 is 0.519. The Labute approximate surface area is 164 Å². The van der Waals surface area contributed by atoms with E-state index >= 15 is 0 Å². The minimum atomic E-state index is -4.50. The maximum Gasteiger partial charge on any atom is 0.425 e. The molecule has 0 spiro atoms. The van der Waals surface area contributed by atoms with Crippen LogP contribution >= 0.6 is 11.3 Å². The number of nitrogens with one attached hydrogen (secondary N) is 1. The molecular weight excluding hydrogens is 409 g/mol. The molecule has 4 aromatic rings. The van der Waals surface area contributed by atoms with E-state index in [2.05, 4.69) is 20.3 Å². The monoisotopic (exact) mass is 420 g/mol. The molecule has 4 rings (SSSR count). The molecule has 0 amide bonds. The second-order valence-electron chi connectivity index (χ2n) is 5.95. The van der Waals surface area contributed by atoms with E-state index in [1.165, 1.54) is 35.3 Å². The standard InChI is InChI=1S/C17H11F3N6O2S/c18-17(19,20)13-7-12-14(22-8-10-2-1-3-11(6-10)26(27)28)23-16(24-15(12)29-13)25-5-4-21-9-25/h1-7,9H,8H2,(H,22,23,24). The Morgan fingerprint density at radius 3 is 2.76 bits per heavy atom. The summed E-state index contributed by atoms with van der Waals surface area (Å²) in [6.07, 6.45) is 0.00469. The third kappa shape index (κ3) is 3.87. The van der Waals surface area contributed by atoms with E-state index < -0.39 is 16.0 Å². The average Bonchev–Trinajstić information content (AvgIpc) is 3.35. The number of anilines is 1. The highest BCUT2D eigenvalue weighted by molar-refractivity contribution is 7.18. The van der Waals surface area contributed by atoms with Crippen LogP contribution in [0.4, 0.5) is 24.7 Å². The van der Waals surface area contributed by atoms with Crippen LogP contribution in [0.15, 0.2) is 49.1 Å². The molecule has 0 bridgehead atoms. The first-order chi connectivity index (χ1) is 13.8. The quantitative estimate of drug-likeness (QED) is 0.379. The van der Waals surface area contributed by atoms with E-state index in [1.807, 2.05) is 0 Å². The van der Waals surface area contributed by atoms with Crippen molar-refractivity contribution >= 4 is 33.1 Å². The summed E-state index contributed by atoms with van der Waals surface area (Å²) in [6.45, 7) is 0.133. The summed E-state index contributed by atoms with van der Waals surface area (Å²) in [7, 11) is 0. The number of alkyl halides is 3. The van der Waals surface area contributed by atoms with E-state index in [0.717, 1.165) is 6.07 Å². The SMILES string of the molecule is O=[N+]([O-])c1cccc(CNc2nc(-n3ccnc3)nc3sc(C(F)(F)F)cc23)c1. The highest BCUT2D eigenvalue weighted by atomic mass is 32.1. The number of imidazole rings is 1. The molecule has 0 atom stereocenters. The Balaban J connectivity index is 1.74. The Hall–Kier alpha value is -3.54. The van der Waals surface area contributed by atoms with Crippen LogP contribution in [0, 0.1) is 10.1 Å². The van der Waals surface area contributed by atoms with Crippen molar-refractivity contribution < 1.29 is 18.1 Å². The van der Waals surface area contributed by atoms with Gasteiger partial charge in [-0.1, -0.05) is 12.1 Å². The number of halogens is 3. The predicted octanol–water partition coefficient (Wildman–Crippen LogP) is 4.42. The topological polar surface area (TPSA) is 98.8 Å². The summed E-state index contributed by atoms with van der Waals surface area (Å²) in [5.74, 6) is 0.351. The lowest BCUT2D eigenvalue weighted by Gasteiger charge is -2.09. The van der Waals surface area contributed by atoms with Gasteiger partial charge in [-0.2, -0.15) is 18.2 Å². The molecule has 3 aromatic heterocycles. The van der Waals surface area contributed by atoms with Crippen LogP contribution in [0.2, 0.25) is 0 Å². The van der Waals surface area contributed by atoms with Crippen molar-refractivity contribution in [3.8, 4) is 5.95 Å². The third-order valence-electron chi connectivity index (χ3n) is 3.98. The summed E-state index contributed by atoms with van der Waals surface area (Å²) in [6, 6.07) is 6.94. The van der Waals surface area contributed by atoms with Crippen LogP contribution in [-0.4, -0.2) is 24.4 Å². The number of thiophene rings is 1. The number of non-ortho nitro benzene ring substituents is 1. The Morgan fingerprint density at radius 1 is 1.24 bits per heavy atom. The second-order valence-corrected chi connectivity index (χ2v) is 6.98. The number of aromatic nitrogens is 4. The molecule has 0 fully saturated rings. The van der Waals surface area contributed by atoms with Crippen LogP contribution in [-0.2, 0) is 12.7 Å². The number of nitro benzene ring substituents is 1. The fourth-order valence-electron chi connectivity index (χ4n) is 2.64. The van der Waals surface area contributed by atoms with Gasteiger partial charge < -0.3 is 5.32 Å². The van der Waals surface area contributed by atoms with Gasteiger partial charge in [-0.25, -0.2) is 9.97 Å². The normalized spacial score (nSPS) is 11.7. The van der Waals surface area contributed by atoms with Crippen LogP contribution in [0.3, 0.4) is 0 Å². The molecular formula is C17H11F3N6O2S. The van der Waals surface area contributed by atoms with Crippen LogP contribution < -0.4 is 5.32 Å². The average molecular weight is 420 g/mol. The van der Waals surface area contributed by atoms with Gasteiger partial charge in [0, 0.05) is 31.1 Å². The molecule has 148 valence electrons. The maximum absolute atomic E-state index is 13.2. The molecule has 1 aromatic carbocycles. The molecule has 0 radical (unpaired) electrons. The fraction of sp³-hybridized carbons (Fsp3) is 0.118. The molecule has 3 heterocycles. The Kier molecular flexibility index (Phi) is 4.62. The third-order valence-corrected chi connectivity index (χ3v) is 5.05. The minimum Gasteiger partial charge on any atom is -0.365 e. The van der Waals surface area contributed by atoms with Gasteiger partial charge in [0.05, 0.1) is 10.3 Å². The second kappa shape index (κ2) is 7.13. The lowest BCUT2D eigenvalue weighted by atomic mass is 10.2. The van der Waals surface area contributed by atoms with Crippen LogP contribution in [0.25, 0.3) is 16.2 Å². The van der Waals surface area contributed by atoms with Gasteiger partial charge in [-0.05, 0) is 11.6 Å². The highest BCUT2D eigenvalue weighted by Crippen LogP contribution is 2.39. The maximum atomic E-state index is 13.2. The summed E-state index contributed by atoms with van der Waals surface area (Å²) in [4.78, 5) is 22.2. The zero-order chi connectivity index (χ0) is 20.6. The smallest absolute Gasteiger partial charge is 0.365 e. The molecule has 1 N–H and O–H groups in total. The summed E-state index contributed by atoms with van der Waals surface area (Å²) < 4.78 is 41.0. The number of benzene rings is 1.